The van der Waals surface area contributed by atoms with Crippen molar-refractivity contribution < 1.29 is 19.1 Å². The van der Waals surface area contributed by atoms with Crippen LogP contribution < -0.4 is 9.64 Å². The van der Waals surface area contributed by atoms with Crippen molar-refractivity contribution in [2.45, 2.75) is 19.3 Å². The number of anilines is 1. The first-order valence-corrected chi connectivity index (χ1v) is 10.1. The first-order chi connectivity index (χ1) is 13.5. The van der Waals surface area contributed by atoms with Crippen molar-refractivity contribution in [2.75, 3.05) is 44.7 Å². The Balaban J connectivity index is 1.39. The third kappa shape index (κ3) is 3.68. The second kappa shape index (κ2) is 7.62. The van der Waals surface area contributed by atoms with Gasteiger partial charge in [-0.3, -0.25) is 14.4 Å². The summed E-state index contributed by atoms with van der Waals surface area (Å²) in [5, 5.41) is 0.509. The van der Waals surface area contributed by atoms with Crippen LogP contribution in [-0.4, -0.2) is 67.4 Å². The lowest BCUT2D eigenvalue weighted by Crippen LogP contribution is -2.52. The fourth-order valence-corrected chi connectivity index (χ4v) is 4.14. The summed E-state index contributed by atoms with van der Waals surface area (Å²) in [7, 11) is 1.54. The molecule has 0 spiro atoms. The number of carbonyl (C=O) groups excluding carboxylic acids is 3. The van der Waals surface area contributed by atoms with Crippen molar-refractivity contribution in [3.05, 3.63) is 23.2 Å². The molecule has 3 amide bonds. The number of amides is 3. The van der Waals surface area contributed by atoms with Gasteiger partial charge in [-0.05, 0) is 31.0 Å². The highest BCUT2D eigenvalue weighted by molar-refractivity contribution is 6.31. The van der Waals surface area contributed by atoms with E-state index in [-0.39, 0.29) is 36.0 Å². The zero-order valence-electron chi connectivity index (χ0n) is 15.9. The second-order valence-corrected chi connectivity index (χ2v) is 8.08. The zero-order valence-corrected chi connectivity index (χ0v) is 16.7. The van der Waals surface area contributed by atoms with E-state index in [4.69, 9.17) is 16.3 Å². The highest BCUT2D eigenvalue weighted by Crippen LogP contribution is 2.36. The van der Waals surface area contributed by atoms with Gasteiger partial charge in [0, 0.05) is 50.1 Å². The molecule has 2 heterocycles. The van der Waals surface area contributed by atoms with Gasteiger partial charge < -0.3 is 19.4 Å². The molecule has 1 aromatic rings. The first-order valence-electron chi connectivity index (χ1n) is 9.69. The maximum atomic E-state index is 13.0. The summed E-state index contributed by atoms with van der Waals surface area (Å²) in [6.07, 6.45) is 2.16. The Bertz CT molecular complexity index is 803. The average molecular weight is 406 g/mol. The maximum absolute atomic E-state index is 13.0. The standard InChI is InChI=1S/C20H24ClN3O4/c1-28-17-5-4-15(21)11-16(17)24-12-14(10-18(24)25)20(27)23-8-6-22(7-9-23)19(26)13-2-3-13/h4-5,11,13-14H,2-3,6-10,12H2,1H3/t14-/m0/s1. The van der Waals surface area contributed by atoms with Gasteiger partial charge in [-0.25, -0.2) is 0 Å². The molecule has 3 aliphatic rings. The molecule has 1 atom stereocenters. The van der Waals surface area contributed by atoms with Gasteiger partial charge in [0.05, 0.1) is 18.7 Å². The molecule has 0 N–H and O–H groups in total. The third-order valence-electron chi connectivity index (χ3n) is 5.74. The van der Waals surface area contributed by atoms with E-state index in [1.165, 1.54) is 0 Å². The number of piperazine rings is 1. The maximum Gasteiger partial charge on any atom is 0.228 e. The fraction of sp³-hybridized carbons (Fsp3) is 0.550. The van der Waals surface area contributed by atoms with Crippen LogP contribution in [0.5, 0.6) is 5.75 Å². The van der Waals surface area contributed by atoms with Gasteiger partial charge in [-0.2, -0.15) is 0 Å². The topological polar surface area (TPSA) is 70.2 Å². The number of ether oxygens (including phenoxy) is 1. The molecule has 2 saturated heterocycles. The minimum Gasteiger partial charge on any atom is -0.495 e. The van der Waals surface area contributed by atoms with Crippen molar-refractivity contribution in [2.24, 2.45) is 11.8 Å². The highest BCUT2D eigenvalue weighted by atomic mass is 35.5. The predicted molar refractivity (Wildman–Crippen MR) is 104 cm³/mol. The van der Waals surface area contributed by atoms with E-state index in [2.05, 4.69) is 0 Å². The molecule has 8 heteroatoms. The second-order valence-electron chi connectivity index (χ2n) is 7.65. The number of benzene rings is 1. The van der Waals surface area contributed by atoms with Crippen LogP contribution in [0, 0.1) is 11.8 Å². The molecule has 28 heavy (non-hydrogen) atoms. The van der Waals surface area contributed by atoms with Crippen LogP contribution in [-0.2, 0) is 14.4 Å². The van der Waals surface area contributed by atoms with Crippen molar-refractivity contribution >= 4 is 35.0 Å². The Morgan fingerprint density at radius 2 is 1.64 bits per heavy atom. The van der Waals surface area contributed by atoms with Gasteiger partial charge >= 0.3 is 0 Å². The van der Waals surface area contributed by atoms with E-state index in [0.717, 1.165) is 12.8 Å². The summed E-state index contributed by atoms with van der Waals surface area (Å²) in [4.78, 5) is 42.9. The zero-order chi connectivity index (χ0) is 19.8. The normalized spacial score (nSPS) is 22.6. The molecule has 150 valence electrons. The molecule has 7 nitrogen and oxygen atoms in total. The molecule has 4 rings (SSSR count). The molecule has 2 aliphatic heterocycles. The number of nitrogens with zero attached hydrogens (tertiary/aromatic N) is 3. The fourth-order valence-electron chi connectivity index (χ4n) is 3.97. The van der Waals surface area contributed by atoms with Crippen LogP contribution in [0.15, 0.2) is 18.2 Å². The van der Waals surface area contributed by atoms with Crippen molar-refractivity contribution in [3.8, 4) is 5.75 Å². The van der Waals surface area contributed by atoms with Gasteiger partial charge in [-0.1, -0.05) is 11.6 Å². The molecule has 3 fully saturated rings. The molecular formula is C20H24ClN3O4. The largest absolute Gasteiger partial charge is 0.495 e. The molecule has 0 unspecified atom stereocenters. The number of halogens is 1. The van der Waals surface area contributed by atoms with Crippen LogP contribution in [0.1, 0.15) is 19.3 Å². The number of methoxy groups -OCH3 is 1. The molecular weight excluding hydrogens is 382 g/mol. The number of rotatable bonds is 4. The van der Waals surface area contributed by atoms with Crippen molar-refractivity contribution in [1.82, 2.24) is 9.80 Å². The smallest absolute Gasteiger partial charge is 0.228 e. The highest BCUT2D eigenvalue weighted by Gasteiger charge is 2.40. The summed E-state index contributed by atoms with van der Waals surface area (Å²) in [6.45, 7) is 2.53. The average Bonchev–Trinajstić information content (AvgIpc) is 3.49. The van der Waals surface area contributed by atoms with Crippen molar-refractivity contribution in [3.63, 3.8) is 0 Å². The molecule has 0 radical (unpaired) electrons. The van der Waals surface area contributed by atoms with E-state index in [1.807, 2.05) is 4.90 Å². The van der Waals surface area contributed by atoms with Crippen molar-refractivity contribution in [1.29, 1.82) is 0 Å². The Kier molecular flexibility index (Phi) is 5.19. The Morgan fingerprint density at radius 1 is 1.04 bits per heavy atom. The minimum absolute atomic E-state index is 0.0182. The molecule has 1 aromatic carbocycles. The Hall–Kier alpha value is -2.28. The summed E-state index contributed by atoms with van der Waals surface area (Å²) in [6, 6.07) is 5.11. The molecule has 1 aliphatic carbocycles. The molecule has 1 saturated carbocycles. The van der Waals surface area contributed by atoms with Crippen LogP contribution in [0.3, 0.4) is 0 Å². The lowest BCUT2D eigenvalue weighted by Gasteiger charge is -2.36. The van der Waals surface area contributed by atoms with Crippen LogP contribution >= 0.6 is 11.6 Å². The summed E-state index contributed by atoms with van der Waals surface area (Å²) >= 11 is 6.09. The van der Waals surface area contributed by atoms with E-state index in [0.29, 0.717) is 49.2 Å². The van der Waals surface area contributed by atoms with E-state index < -0.39 is 0 Å². The third-order valence-corrected chi connectivity index (χ3v) is 5.97. The summed E-state index contributed by atoms with van der Waals surface area (Å²) < 4.78 is 5.35. The predicted octanol–water partition coefficient (Wildman–Crippen LogP) is 1.78. The van der Waals surface area contributed by atoms with Gasteiger partial charge in [-0.15, -0.1) is 0 Å². The van der Waals surface area contributed by atoms with Gasteiger partial charge in [0.15, 0.2) is 0 Å². The summed E-state index contributed by atoms with van der Waals surface area (Å²) in [5.41, 5.74) is 0.593. The first kappa shape index (κ1) is 19.1. The quantitative estimate of drug-likeness (QED) is 0.765. The van der Waals surface area contributed by atoms with Gasteiger partial charge in [0.25, 0.3) is 0 Å². The van der Waals surface area contributed by atoms with Crippen LogP contribution in [0.4, 0.5) is 5.69 Å². The van der Waals surface area contributed by atoms with E-state index in [1.54, 1.807) is 35.1 Å². The monoisotopic (exact) mass is 405 g/mol. The molecule has 0 bridgehead atoms. The molecule has 0 aromatic heterocycles. The Morgan fingerprint density at radius 3 is 2.21 bits per heavy atom. The number of carbonyl (C=O) groups is 3. The van der Waals surface area contributed by atoms with Crippen LogP contribution in [0.25, 0.3) is 0 Å². The lowest BCUT2D eigenvalue weighted by molar-refractivity contribution is -0.142. The van der Waals surface area contributed by atoms with E-state index >= 15 is 0 Å². The SMILES string of the molecule is COc1ccc(Cl)cc1N1C[C@@H](C(=O)N2CCN(C(=O)C3CC3)CC2)CC1=O. The lowest BCUT2D eigenvalue weighted by atomic mass is 10.1. The minimum atomic E-state index is -0.387. The summed E-state index contributed by atoms with van der Waals surface area (Å²) in [5.74, 6) is 0.468. The van der Waals surface area contributed by atoms with Gasteiger partial charge in [0.2, 0.25) is 17.7 Å². The number of hydrogen-bond acceptors (Lipinski definition) is 4. The number of hydrogen-bond donors (Lipinski definition) is 0. The van der Waals surface area contributed by atoms with E-state index in [9.17, 15) is 14.4 Å². The Labute approximate surface area is 169 Å². The van der Waals surface area contributed by atoms with Crippen LogP contribution in [0.2, 0.25) is 5.02 Å². The van der Waals surface area contributed by atoms with Gasteiger partial charge in [0.1, 0.15) is 5.75 Å².